The van der Waals surface area contributed by atoms with E-state index in [1.807, 2.05) is 24.3 Å². The summed E-state index contributed by atoms with van der Waals surface area (Å²) in [7, 11) is 0. The maximum absolute atomic E-state index is 12.0. The third-order valence-electron chi connectivity index (χ3n) is 5.78. The summed E-state index contributed by atoms with van der Waals surface area (Å²) >= 11 is 0. The second-order valence-corrected chi connectivity index (χ2v) is 8.69. The molecule has 4 N–H and O–H groups in total. The first kappa shape index (κ1) is 26.6. The molecule has 172 valence electrons. The summed E-state index contributed by atoms with van der Waals surface area (Å²) in [4.78, 5) is 12.0. The van der Waals surface area contributed by atoms with Crippen molar-refractivity contribution in [1.82, 2.24) is 5.32 Å². The first-order chi connectivity index (χ1) is 14.7. The predicted molar refractivity (Wildman–Crippen MR) is 127 cm³/mol. The second kappa shape index (κ2) is 18.4. The molecule has 1 rings (SSSR count). The van der Waals surface area contributed by atoms with Gasteiger partial charge in [0.15, 0.2) is 0 Å². The van der Waals surface area contributed by atoms with Crippen molar-refractivity contribution in [3.05, 3.63) is 35.4 Å². The zero-order valence-corrected chi connectivity index (χ0v) is 19.3. The van der Waals surface area contributed by atoms with E-state index in [1.165, 1.54) is 70.6 Å². The van der Waals surface area contributed by atoms with E-state index in [1.54, 1.807) is 0 Å². The van der Waals surface area contributed by atoms with Crippen molar-refractivity contribution in [1.29, 1.82) is 0 Å². The first-order valence-corrected chi connectivity index (χ1v) is 12.4. The Hall–Kier alpha value is -1.39. The van der Waals surface area contributed by atoms with E-state index < -0.39 is 6.10 Å². The van der Waals surface area contributed by atoms with Crippen LogP contribution in [-0.4, -0.2) is 17.1 Å². The molecule has 4 nitrogen and oxygen atoms in total. The lowest BCUT2D eigenvalue weighted by Gasteiger charge is -2.11. The first-order valence-electron chi connectivity index (χ1n) is 12.4. The van der Waals surface area contributed by atoms with Gasteiger partial charge in [0.1, 0.15) is 0 Å². The Bertz CT molecular complexity index is 548. The number of benzene rings is 1. The third kappa shape index (κ3) is 14.6. The minimum absolute atomic E-state index is 0.0876. The summed E-state index contributed by atoms with van der Waals surface area (Å²) in [6, 6.07) is 7.91. The van der Waals surface area contributed by atoms with Gasteiger partial charge in [0, 0.05) is 13.1 Å². The maximum Gasteiger partial charge on any atom is 0.222 e. The lowest BCUT2D eigenvalue weighted by Crippen LogP contribution is -2.27. The van der Waals surface area contributed by atoms with Gasteiger partial charge >= 0.3 is 0 Å². The van der Waals surface area contributed by atoms with Crippen molar-refractivity contribution in [2.45, 2.75) is 122 Å². The minimum atomic E-state index is -0.534. The largest absolute Gasteiger partial charge is 0.393 e. The van der Waals surface area contributed by atoms with E-state index in [9.17, 15) is 9.90 Å². The van der Waals surface area contributed by atoms with Crippen molar-refractivity contribution in [2.24, 2.45) is 5.73 Å². The standard InChI is InChI=1S/C26H46N2O2/c1-2-3-4-5-6-7-8-9-10-11-12-13-14-18-25(29)20-26(30)28-22-24-17-15-16-23(19-24)21-27/h15-17,19,25,29H,2-14,18,20-22,27H2,1H3,(H,28,30). The summed E-state index contributed by atoms with van der Waals surface area (Å²) in [5.41, 5.74) is 7.74. The average molecular weight is 419 g/mol. The van der Waals surface area contributed by atoms with Crippen LogP contribution in [0.3, 0.4) is 0 Å². The van der Waals surface area contributed by atoms with Gasteiger partial charge in [-0.1, -0.05) is 115 Å². The highest BCUT2D eigenvalue weighted by Crippen LogP contribution is 2.14. The van der Waals surface area contributed by atoms with Crippen LogP contribution in [-0.2, 0) is 17.9 Å². The second-order valence-electron chi connectivity index (χ2n) is 8.69. The number of aliphatic hydroxyl groups is 1. The van der Waals surface area contributed by atoms with Crippen LogP contribution >= 0.6 is 0 Å². The number of aliphatic hydroxyl groups excluding tert-OH is 1. The number of hydrogen-bond donors (Lipinski definition) is 3. The number of nitrogens with one attached hydrogen (secondary N) is 1. The summed E-state index contributed by atoms with van der Waals surface area (Å²) in [6.07, 6.45) is 17.5. The fourth-order valence-corrected chi connectivity index (χ4v) is 3.85. The number of carbonyl (C=O) groups excluding carboxylic acids is 1. The monoisotopic (exact) mass is 418 g/mol. The molecule has 0 fully saturated rings. The van der Waals surface area contributed by atoms with Crippen LogP contribution in [0.15, 0.2) is 24.3 Å². The molecular weight excluding hydrogens is 372 g/mol. The molecule has 1 aromatic carbocycles. The van der Waals surface area contributed by atoms with Crippen LogP contribution in [0.25, 0.3) is 0 Å². The Morgan fingerprint density at radius 1 is 0.900 bits per heavy atom. The molecule has 0 radical (unpaired) electrons. The van der Waals surface area contributed by atoms with E-state index in [0.29, 0.717) is 19.5 Å². The molecule has 0 aliphatic rings. The highest BCUT2D eigenvalue weighted by molar-refractivity contribution is 5.76. The summed E-state index contributed by atoms with van der Waals surface area (Å²) in [5.74, 6) is -0.0876. The van der Waals surface area contributed by atoms with Gasteiger partial charge in [-0.25, -0.2) is 0 Å². The number of rotatable bonds is 19. The average Bonchev–Trinajstić information content (AvgIpc) is 2.75. The molecule has 0 aromatic heterocycles. The SMILES string of the molecule is CCCCCCCCCCCCCCCC(O)CC(=O)NCc1cccc(CN)c1. The third-order valence-corrected chi connectivity index (χ3v) is 5.78. The zero-order valence-electron chi connectivity index (χ0n) is 19.3. The molecule has 1 aromatic rings. The molecule has 0 bridgehead atoms. The van der Waals surface area contributed by atoms with E-state index in [0.717, 1.165) is 24.0 Å². The van der Waals surface area contributed by atoms with Gasteiger partial charge in [0.2, 0.25) is 5.91 Å². The summed E-state index contributed by atoms with van der Waals surface area (Å²) in [5, 5.41) is 13.0. The predicted octanol–water partition coefficient (Wildman–Crippen LogP) is 5.99. The van der Waals surface area contributed by atoms with E-state index in [2.05, 4.69) is 12.2 Å². The van der Waals surface area contributed by atoms with Crippen molar-refractivity contribution in [3.8, 4) is 0 Å². The minimum Gasteiger partial charge on any atom is -0.393 e. The van der Waals surface area contributed by atoms with Crippen molar-refractivity contribution >= 4 is 5.91 Å². The molecule has 0 aliphatic carbocycles. The van der Waals surface area contributed by atoms with Gasteiger partial charge in [-0.05, 0) is 17.5 Å². The van der Waals surface area contributed by atoms with E-state index in [-0.39, 0.29) is 12.3 Å². The molecule has 30 heavy (non-hydrogen) atoms. The topological polar surface area (TPSA) is 75.3 Å². The Balaban J connectivity index is 1.93. The number of amides is 1. The molecule has 0 saturated heterocycles. The number of carbonyl (C=O) groups is 1. The fraction of sp³-hybridized carbons (Fsp3) is 0.731. The summed E-state index contributed by atoms with van der Waals surface area (Å²) in [6.45, 7) is 3.25. The Morgan fingerprint density at radius 3 is 2.00 bits per heavy atom. The molecular formula is C26H46N2O2. The Labute approximate surface area is 185 Å². The van der Waals surface area contributed by atoms with Crippen LogP contribution < -0.4 is 11.1 Å². The van der Waals surface area contributed by atoms with Gasteiger partial charge in [0.25, 0.3) is 0 Å². The molecule has 0 spiro atoms. The molecule has 1 amide bonds. The lowest BCUT2D eigenvalue weighted by atomic mass is 10.0. The lowest BCUT2D eigenvalue weighted by molar-refractivity contribution is -0.123. The van der Waals surface area contributed by atoms with Crippen LogP contribution in [0.2, 0.25) is 0 Å². The van der Waals surface area contributed by atoms with Gasteiger partial charge in [-0.15, -0.1) is 0 Å². The van der Waals surface area contributed by atoms with Crippen LogP contribution in [0.4, 0.5) is 0 Å². The smallest absolute Gasteiger partial charge is 0.222 e. The van der Waals surface area contributed by atoms with Crippen molar-refractivity contribution in [3.63, 3.8) is 0 Å². The Morgan fingerprint density at radius 2 is 1.43 bits per heavy atom. The Kier molecular flexibility index (Phi) is 16.3. The number of hydrogen-bond acceptors (Lipinski definition) is 3. The molecule has 1 atom stereocenters. The highest BCUT2D eigenvalue weighted by atomic mass is 16.3. The van der Waals surface area contributed by atoms with Crippen molar-refractivity contribution < 1.29 is 9.90 Å². The van der Waals surface area contributed by atoms with Crippen LogP contribution in [0.5, 0.6) is 0 Å². The van der Waals surface area contributed by atoms with E-state index in [4.69, 9.17) is 5.73 Å². The summed E-state index contributed by atoms with van der Waals surface area (Å²) < 4.78 is 0. The maximum atomic E-state index is 12.0. The van der Waals surface area contributed by atoms with Gasteiger partial charge < -0.3 is 16.2 Å². The zero-order chi connectivity index (χ0) is 21.9. The quantitative estimate of drug-likeness (QED) is 0.241. The number of unbranched alkanes of at least 4 members (excludes halogenated alkanes) is 12. The normalized spacial score (nSPS) is 12.1. The molecule has 0 saturated carbocycles. The van der Waals surface area contributed by atoms with Gasteiger partial charge in [0.05, 0.1) is 12.5 Å². The van der Waals surface area contributed by atoms with Crippen LogP contribution in [0, 0.1) is 0 Å². The molecule has 1 unspecified atom stereocenters. The highest BCUT2D eigenvalue weighted by Gasteiger charge is 2.10. The molecule has 0 aliphatic heterocycles. The molecule has 4 heteroatoms. The van der Waals surface area contributed by atoms with E-state index >= 15 is 0 Å². The van der Waals surface area contributed by atoms with Crippen molar-refractivity contribution in [2.75, 3.05) is 0 Å². The van der Waals surface area contributed by atoms with Gasteiger partial charge in [-0.2, -0.15) is 0 Å². The van der Waals surface area contributed by atoms with Crippen LogP contribution in [0.1, 0.15) is 114 Å². The molecule has 0 heterocycles. The fourth-order valence-electron chi connectivity index (χ4n) is 3.85. The number of nitrogens with two attached hydrogens (primary N) is 1. The van der Waals surface area contributed by atoms with Gasteiger partial charge in [-0.3, -0.25) is 4.79 Å².